The number of piperazine rings is 1. The van der Waals surface area contributed by atoms with E-state index in [4.69, 9.17) is 0 Å². The number of nitrogens with zero attached hydrogens (tertiary/aromatic N) is 3. The van der Waals surface area contributed by atoms with Gasteiger partial charge in [-0.25, -0.2) is 4.98 Å². The highest BCUT2D eigenvalue weighted by Gasteiger charge is 2.29. The monoisotopic (exact) mass is 350 g/mol. The van der Waals surface area contributed by atoms with Gasteiger partial charge in [0.25, 0.3) is 5.91 Å². The molecule has 2 aromatic rings. The Morgan fingerprint density at radius 1 is 0.962 bits per heavy atom. The zero-order chi connectivity index (χ0) is 17.9. The van der Waals surface area contributed by atoms with Crippen LogP contribution in [0.2, 0.25) is 0 Å². The van der Waals surface area contributed by atoms with Crippen molar-refractivity contribution in [1.29, 1.82) is 0 Å². The van der Waals surface area contributed by atoms with Crippen molar-refractivity contribution in [2.24, 2.45) is 5.92 Å². The molecule has 6 nitrogen and oxygen atoms in total. The third-order valence-electron chi connectivity index (χ3n) is 4.89. The fraction of sp³-hybridized carbons (Fsp3) is 0.350. The second-order valence-corrected chi connectivity index (χ2v) is 6.81. The van der Waals surface area contributed by atoms with Crippen LogP contribution in [0.3, 0.4) is 0 Å². The number of amides is 2. The molecule has 26 heavy (non-hydrogen) atoms. The third-order valence-corrected chi connectivity index (χ3v) is 4.89. The molecule has 1 aromatic heterocycles. The fourth-order valence-corrected chi connectivity index (χ4v) is 3.15. The predicted molar refractivity (Wildman–Crippen MR) is 100 cm³/mol. The van der Waals surface area contributed by atoms with E-state index in [0.717, 1.165) is 37.4 Å². The molecule has 1 aliphatic heterocycles. The first-order valence-electron chi connectivity index (χ1n) is 9.07. The van der Waals surface area contributed by atoms with Crippen LogP contribution in [-0.2, 0) is 4.79 Å². The molecule has 2 aliphatic rings. The van der Waals surface area contributed by atoms with Gasteiger partial charge in [0.15, 0.2) is 0 Å². The number of hydrogen-bond acceptors (Lipinski definition) is 4. The van der Waals surface area contributed by atoms with Gasteiger partial charge >= 0.3 is 0 Å². The van der Waals surface area contributed by atoms with Crippen LogP contribution in [0.25, 0.3) is 0 Å². The summed E-state index contributed by atoms with van der Waals surface area (Å²) in [7, 11) is 0. The van der Waals surface area contributed by atoms with E-state index in [-0.39, 0.29) is 17.7 Å². The Hall–Kier alpha value is -2.89. The lowest BCUT2D eigenvalue weighted by molar-refractivity contribution is -0.117. The standard InChI is InChI=1S/C20H22N4O2/c25-19(15-4-5-15)22-17-8-6-16(7-9-17)20(26)24-13-11-23(12-14-24)18-3-1-2-10-21-18/h1-3,6-10,15H,4-5,11-14H2,(H,22,25). The number of pyridine rings is 1. The summed E-state index contributed by atoms with van der Waals surface area (Å²) in [5.74, 6) is 1.24. The molecule has 1 aromatic carbocycles. The molecule has 6 heteroatoms. The molecule has 1 saturated carbocycles. The summed E-state index contributed by atoms with van der Waals surface area (Å²) in [6, 6.07) is 13.1. The number of nitrogens with one attached hydrogen (secondary N) is 1. The van der Waals surface area contributed by atoms with Crippen LogP contribution in [0.15, 0.2) is 48.7 Å². The van der Waals surface area contributed by atoms with Crippen LogP contribution in [0, 0.1) is 5.92 Å². The molecule has 0 atom stereocenters. The van der Waals surface area contributed by atoms with E-state index in [1.807, 2.05) is 23.1 Å². The van der Waals surface area contributed by atoms with Gasteiger partial charge in [-0.15, -0.1) is 0 Å². The average Bonchev–Trinajstić information content (AvgIpc) is 3.54. The molecule has 1 N–H and O–H groups in total. The number of carbonyl (C=O) groups excluding carboxylic acids is 2. The predicted octanol–water partition coefficient (Wildman–Crippen LogP) is 2.39. The number of benzene rings is 1. The largest absolute Gasteiger partial charge is 0.353 e. The summed E-state index contributed by atoms with van der Waals surface area (Å²) in [6.45, 7) is 2.90. The fourth-order valence-electron chi connectivity index (χ4n) is 3.15. The first-order valence-corrected chi connectivity index (χ1v) is 9.07. The lowest BCUT2D eigenvalue weighted by Gasteiger charge is -2.35. The van der Waals surface area contributed by atoms with E-state index in [1.54, 1.807) is 30.5 Å². The molecule has 0 bridgehead atoms. The quantitative estimate of drug-likeness (QED) is 0.920. The van der Waals surface area contributed by atoms with E-state index < -0.39 is 0 Å². The van der Waals surface area contributed by atoms with Gasteiger partial charge in [0, 0.05) is 49.5 Å². The van der Waals surface area contributed by atoms with Crippen LogP contribution in [0.4, 0.5) is 11.5 Å². The summed E-state index contributed by atoms with van der Waals surface area (Å²) in [5, 5.41) is 2.90. The molecule has 1 aliphatic carbocycles. The molecule has 134 valence electrons. The smallest absolute Gasteiger partial charge is 0.253 e. The highest BCUT2D eigenvalue weighted by atomic mass is 16.2. The molecule has 0 radical (unpaired) electrons. The summed E-state index contributed by atoms with van der Waals surface area (Å²) in [4.78, 5) is 32.9. The van der Waals surface area contributed by atoms with Crippen molar-refractivity contribution in [3.05, 3.63) is 54.2 Å². The van der Waals surface area contributed by atoms with Crippen molar-refractivity contribution >= 4 is 23.3 Å². The van der Waals surface area contributed by atoms with Crippen molar-refractivity contribution in [2.45, 2.75) is 12.8 Å². The molecule has 2 amide bonds. The van der Waals surface area contributed by atoms with Gasteiger partial charge in [-0.05, 0) is 49.2 Å². The van der Waals surface area contributed by atoms with Crippen molar-refractivity contribution in [3.63, 3.8) is 0 Å². The maximum Gasteiger partial charge on any atom is 0.253 e. The molecular formula is C20H22N4O2. The first kappa shape index (κ1) is 16.6. The minimum absolute atomic E-state index is 0.0331. The normalized spacial score (nSPS) is 17.1. The highest BCUT2D eigenvalue weighted by molar-refractivity contribution is 5.96. The second-order valence-electron chi connectivity index (χ2n) is 6.81. The average molecular weight is 350 g/mol. The van der Waals surface area contributed by atoms with Crippen LogP contribution in [0.5, 0.6) is 0 Å². The molecule has 2 fully saturated rings. The van der Waals surface area contributed by atoms with Crippen molar-refractivity contribution < 1.29 is 9.59 Å². The molecule has 4 rings (SSSR count). The Morgan fingerprint density at radius 3 is 2.31 bits per heavy atom. The Kier molecular flexibility index (Phi) is 4.56. The van der Waals surface area contributed by atoms with Gasteiger partial charge in [0.1, 0.15) is 5.82 Å². The Balaban J connectivity index is 1.33. The Labute approximate surface area is 152 Å². The highest BCUT2D eigenvalue weighted by Crippen LogP contribution is 2.30. The zero-order valence-corrected chi connectivity index (χ0v) is 14.6. The number of aromatic nitrogens is 1. The van der Waals surface area contributed by atoms with Crippen molar-refractivity contribution in [3.8, 4) is 0 Å². The van der Waals surface area contributed by atoms with E-state index in [2.05, 4.69) is 15.2 Å². The second kappa shape index (κ2) is 7.15. The topological polar surface area (TPSA) is 65.5 Å². The number of hydrogen-bond donors (Lipinski definition) is 1. The lowest BCUT2D eigenvalue weighted by Crippen LogP contribution is -2.49. The van der Waals surface area contributed by atoms with Crippen LogP contribution >= 0.6 is 0 Å². The third kappa shape index (κ3) is 3.69. The summed E-state index contributed by atoms with van der Waals surface area (Å²) < 4.78 is 0. The number of rotatable bonds is 4. The lowest BCUT2D eigenvalue weighted by atomic mass is 10.1. The maximum atomic E-state index is 12.7. The SMILES string of the molecule is O=C(Nc1ccc(C(=O)N2CCN(c3ccccn3)CC2)cc1)C1CC1. The number of anilines is 2. The van der Waals surface area contributed by atoms with Gasteiger partial charge in [-0.1, -0.05) is 6.07 Å². The zero-order valence-electron chi connectivity index (χ0n) is 14.6. The number of carbonyl (C=O) groups is 2. The van der Waals surface area contributed by atoms with Crippen LogP contribution in [-0.4, -0.2) is 47.9 Å². The van der Waals surface area contributed by atoms with Gasteiger partial charge in [-0.2, -0.15) is 0 Å². The maximum absolute atomic E-state index is 12.7. The summed E-state index contributed by atoms with van der Waals surface area (Å²) >= 11 is 0. The van der Waals surface area contributed by atoms with Gasteiger partial charge in [0.05, 0.1) is 0 Å². The van der Waals surface area contributed by atoms with Gasteiger partial charge in [-0.3, -0.25) is 9.59 Å². The van der Waals surface area contributed by atoms with E-state index in [0.29, 0.717) is 18.7 Å². The minimum atomic E-state index is 0.0331. The Morgan fingerprint density at radius 2 is 1.69 bits per heavy atom. The van der Waals surface area contributed by atoms with E-state index in [1.165, 1.54) is 0 Å². The Bertz CT molecular complexity index is 779. The molecule has 0 spiro atoms. The van der Waals surface area contributed by atoms with E-state index >= 15 is 0 Å². The van der Waals surface area contributed by atoms with Crippen LogP contribution < -0.4 is 10.2 Å². The molecule has 1 saturated heterocycles. The van der Waals surface area contributed by atoms with Gasteiger partial charge < -0.3 is 15.1 Å². The molecule has 2 heterocycles. The minimum Gasteiger partial charge on any atom is -0.353 e. The summed E-state index contributed by atoms with van der Waals surface area (Å²) in [6.07, 6.45) is 3.75. The van der Waals surface area contributed by atoms with Gasteiger partial charge in [0.2, 0.25) is 5.91 Å². The van der Waals surface area contributed by atoms with E-state index in [9.17, 15) is 9.59 Å². The first-order chi connectivity index (χ1) is 12.7. The summed E-state index contributed by atoms with van der Waals surface area (Å²) in [5.41, 5.74) is 1.40. The van der Waals surface area contributed by atoms with Crippen molar-refractivity contribution in [2.75, 3.05) is 36.4 Å². The molecule has 0 unspecified atom stereocenters. The molecular weight excluding hydrogens is 328 g/mol. The van der Waals surface area contributed by atoms with Crippen molar-refractivity contribution in [1.82, 2.24) is 9.88 Å². The van der Waals surface area contributed by atoms with Crippen LogP contribution in [0.1, 0.15) is 23.2 Å².